The number of furan rings is 4. The van der Waals surface area contributed by atoms with Gasteiger partial charge in [0.2, 0.25) is 0 Å². The van der Waals surface area contributed by atoms with E-state index in [1.165, 1.54) is 44.5 Å². The zero-order valence-corrected chi connectivity index (χ0v) is 48.7. The fourth-order valence-electron chi connectivity index (χ4n) is 13.1. The van der Waals surface area contributed by atoms with Crippen molar-refractivity contribution in [2.75, 3.05) is 9.80 Å². The van der Waals surface area contributed by atoms with Crippen LogP contribution in [0.4, 0.5) is 34.1 Å². The van der Waals surface area contributed by atoms with Gasteiger partial charge < -0.3 is 27.5 Å². The van der Waals surface area contributed by atoms with Crippen molar-refractivity contribution in [2.45, 2.75) is 93.9 Å². The molecule has 4 aromatic heterocycles. The lowest BCUT2D eigenvalue weighted by Crippen LogP contribution is -2.11. The van der Waals surface area contributed by atoms with Crippen LogP contribution < -0.4 is 9.80 Å². The summed E-state index contributed by atoms with van der Waals surface area (Å²) in [5.41, 5.74) is 22.8. The fourth-order valence-corrected chi connectivity index (χ4v) is 13.1. The molecule has 15 aromatic rings. The topological polar surface area (TPSA) is 59.0 Å². The van der Waals surface area contributed by atoms with Gasteiger partial charge in [0.05, 0.1) is 11.4 Å². The van der Waals surface area contributed by atoms with Gasteiger partial charge in [0.15, 0.2) is 11.2 Å². The SMILES string of the molecule is Cc1cc(N(c2ccc3cc4c(cc3c2)oc2cc3oc5cc6cc(N(c7cc(C)c(C)c(C)c7)c7cccc8c7oc7c(C(C)(C)C)cccc78)ccc6cc5c3cc24)c2cccc3c2oc2c(C(C)(C)C)cccc23)cc(C)c1C. The number of rotatable bonds is 6. The summed E-state index contributed by atoms with van der Waals surface area (Å²) in [7, 11) is 0. The van der Waals surface area contributed by atoms with Crippen LogP contribution in [-0.2, 0) is 10.8 Å². The molecule has 402 valence electrons. The van der Waals surface area contributed by atoms with Gasteiger partial charge >= 0.3 is 0 Å². The van der Waals surface area contributed by atoms with Crippen LogP contribution in [-0.4, -0.2) is 0 Å². The standard InChI is InChI=1S/C76H64N2O4/c1-41-29-53(30-42(2)45(41)5)77(65-23-15-19-57-55-17-13-21-63(75(7,8)9)71(55)81-73(57)65)51-27-25-47-35-59-61-39-62-60-36-48-26-28-52(34-50(48)38-68(60)80-70(62)40-69(61)79-67(59)37-49(47)33-51)78(54-31-43(3)46(6)44(4)32-54)66-24-16-20-58-56-18-14-22-64(76(10,11)12)72(56)82-74(58)66/h13-40H,1-12H3. The second kappa shape index (κ2) is 17.6. The highest BCUT2D eigenvalue weighted by Gasteiger charge is 2.28. The molecule has 0 aliphatic rings. The average Bonchev–Trinajstić information content (AvgIpc) is 3.55. The normalized spacial score (nSPS) is 12.6. The van der Waals surface area contributed by atoms with Crippen LogP contribution in [0.3, 0.4) is 0 Å². The Balaban J connectivity index is 0.842. The molecule has 0 amide bonds. The van der Waals surface area contributed by atoms with Gasteiger partial charge in [0.1, 0.15) is 33.5 Å². The van der Waals surface area contributed by atoms with Gasteiger partial charge in [-0.3, -0.25) is 0 Å². The Bertz CT molecular complexity index is 4850. The van der Waals surface area contributed by atoms with Crippen molar-refractivity contribution in [3.63, 3.8) is 0 Å². The molecule has 0 saturated heterocycles. The molecular formula is C76H64N2O4. The molecule has 0 radical (unpaired) electrons. The summed E-state index contributed by atoms with van der Waals surface area (Å²) < 4.78 is 27.6. The summed E-state index contributed by atoms with van der Waals surface area (Å²) in [5.74, 6) is 0. The number of hydrogen-bond donors (Lipinski definition) is 0. The third-order valence-electron chi connectivity index (χ3n) is 17.9. The first-order chi connectivity index (χ1) is 39.3. The van der Waals surface area contributed by atoms with E-state index in [9.17, 15) is 0 Å². The van der Waals surface area contributed by atoms with Crippen molar-refractivity contribution in [1.82, 2.24) is 0 Å². The average molecular weight is 1070 g/mol. The van der Waals surface area contributed by atoms with Gasteiger partial charge in [-0.15, -0.1) is 0 Å². The number of anilines is 6. The summed E-state index contributed by atoms with van der Waals surface area (Å²) >= 11 is 0. The Morgan fingerprint density at radius 2 is 0.634 bits per heavy atom. The van der Waals surface area contributed by atoms with Crippen molar-refractivity contribution in [3.8, 4) is 0 Å². The van der Waals surface area contributed by atoms with Gasteiger partial charge in [0, 0.05) is 83.0 Å². The van der Waals surface area contributed by atoms with Crippen LogP contribution in [0.1, 0.15) is 86.1 Å². The van der Waals surface area contributed by atoms with E-state index in [1.807, 2.05) is 0 Å². The quantitative estimate of drug-likeness (QED) is 0.165. The maximum atomic E-state index is 7.02. The zero-order chi connectivity index (χ0) is 56.4. The van der Waals surface area contributed by atoms with Crippen molar-refractivity contribution >= 4 is 143 Å². The molecule has 0 fully saturated rings. The molecule has 0 aliphatic heterocycles. The number of nitrogens with zero attached hydrogens (tertiary/aromatic N) is 2. The van der Waals surface area contributed by atoms with Crippen molar-refractivity contribution < 1.29 is 17.7 Å². The Labute approximate surface area is 476 Å². The Hall–Kier alpha value is -9.26. The van der Waals surface area contributed by atoms with Gasteiger partial charge in [-0.1, -0.05) is 114 Å². The maximum absolute atomic E-state index is 7.02. The monoisotopic (exact) mass is 1070 g/mol. The summed E-state index contributed by atoms with van der Waals surface area (Å²) in [5, 5.41) is 13.1. The van der Waals surface area contributed by atoms with Crippen LogP contribution in [0.25, 0.3) is 109 Å². The minimum Gasteiger partial charge on any atom is -0.456 e. The molecule has 6 nitrogen and oxygen atoms in total. The van der Waals surface area contributed by atoms with Crippen molar-refractivity contribution in [1.29, 1.82) is 0 Å². The predicted octanol–water partition coefficient (Wildman–Crippen LogP) is 23.0. The van der Waals surface area contributed by atoms with Gasteiger partial charge in [-0.05, 0) is 198 Å². The number of aryl methyl sites for hydroxylation is 4. The highest BCUT2D eigenvalue weighted by Crippen LogP contribution is 2.49. The van der Waals surface area contributed by atoms with Crippen molar-refractivity contribution in [2.24, 2.45) is 0 Å². The first-order valence-corrected chi connectivity index (χ1v) is 28.7. The van der Waals surface area contributed by atoms with Crippen LogP contribution in [0.2, 0.25) is 0 Å². The lowest BCUT2D eigenvalue weighted by Gasteiger charge is -2.27. The van der Waals surface area contributed by atoms with Crippen LogP contribution >= 0.6 is 0 Å². The van der Waals surface area contributed by atoms with Crippen molar-refractivity contribution in [3.05, 3.63) is 214 Å². The summed E-state index contributed by atoms with van der Waals surface area (Å²) in [4.78, 5) is 4.72. The summed E-state index contributed by atoms with van der Waals surface area (Å²) in [6, 6.07) is 62.2. The summed E-state index contributed by atoms with van der Waals surface area (Å²) in [6.45, 7) is 26.7. The molecule has 0 bridgehead atoms. The van der Waals surface area contributed by atoms with Gasteiger partial charge in [-0.25, -0.2) is 0 Å². The van der Waals surface area contributed by atoms with E-state index in [0.29, 0.717) is 0 Å². The van der Waals surface area contributed by atoms with E-state index in [4.69, 9.17) is 17.7 Å². The molecule has 0 unspecified atom stereocenters. The third-order valence-corrected chi connectivity index (χ3v) is 17.9. The smallest absolute Gasteiger partial charge is 0.159 e. The van der Waals surface area contributed by atoms with E-state index in [2.05, 4.69) is 263 Å². The molecule has 4 heterocycles. The second-order valence-electron chi connectivity index (χ2n) is 25.3. The lowest BCUT2D eigenvalue weighted by molar-refractivity contribution is 0.572. The highest BCUT2D eigenvalue weighted by atomic mass is 16.3. The van der Waals surface area contributed by atoms with E-state index in [1.54, 1.807) is 0 Å². The third kappa shape index (κ3) is 7.60. The lowest BCUT2D eigenvalue weighted by atomic mass is 9.86. The number of hydrogen-bond acceptors (Lipinski definition) is 6. The minimum atomic E-state index is -0.0885. The van der Waals surface area contributed by atoms with E-state index < -0.39 is 0 Å². The molecule has 0 saturated carbocycles. The molecule has 0 spiro atoms. The fraction of sp³-hybridized carbons (Fsp3) is 0.184. The van der Waals surface area contributed by atoms with Crippen LogP contribution in [0.5, 0.6) is 0 Å². The van der Waals surface area contributed by atoms with E-state index >= 15 is 0 Å². The van der Waals surface area contributed by atoms with E-state index in [0.717, 1.165) is 143 Å². The first kappa shape index (κ1) is 49.8. The number of para-hydroxylation sites is 4. The molecule has 15 rings (SSSR count). The minimum absolute atomic E-state index is 0.0885. The molecule has 0 aliphatic carbocycles. The largest absolute Gasteiger partial charge is 0.456 e. The maximum Gasteiger partial charge on any atom is 0.159 e. The van der Waals surface area contributed by atoms with Gasteiger partial charge in [0.25, 0.3) is 0 Å². The Morgan fingerprint density at radius 1 is 0.280 bits per heavy atom. The Kier molecular flexibility index (Phi) is 10.7. The molecule has 11 aromatic carbocycles. The molecule has 82 heavy (non-hydrogen) atoms. The molecule has 6 heteroatoms. The van der Waals surface area contributed by atoms with E-state index in [-0.39, 0.29) is 10.8 Å². The second-order valence-corrected chi connectivity index (χ2v) is 25.3. The zero-order valence-electron chi connectivity index (χ0n) is 48.7. The van der Waals surface area contributed by atoms with Crippen LogP contribution in [0, 0.1) is 41.5 Å². The molecular weight excluding hydrogens is 1000 g/mol. The summed E-state index contributed by atoms with van der Waals surface area (Å²) in [6.07, 6.45) is 0. The number of fused-ring (bicyclic) bond motifs is 14. The van der Waals surface area contributed by atoms with Gasteiger partial charge in [-0.2, -0.15) is 0 Å². The molecule has 0 atom stereocenters. The first-order valence-electron chi connectivity index (χ1n) is 28.7. The Morgan fingerprint density at radius 3 is 1.02 bits per heavy atom. The predicted molar refractivity (Wildman–Crippen MR) is 346 cm³/mol. The van der Waals surface area contributed by atoms with Crippen LogP contribution in [0.15, 0.2) is 188 Å². The highest BCUT2D eigenvalue weighted by molar-refractivity contribution is 6.19. The molecule has 0 N–H and O–H groups in total. The number of benzene rings is 11.